The summed E-state index contributed by atoms with van der Waals surface area (Å²) < 4.78 is 23.1. The molecule has 1 aromatic rings. The third-order valence-electron chi connectivity index (χ3n) is 1.70. The van der Waals surface area contributed by atoms with Gasteiger partial charge < -0.3 is 0 Å². The zero-order valence-electron chi connectivity index (χ0n) is 8.23. The van der Waals surface area contributed by atoms with Crippen molar-refractivity contribution in [2.24, 2.45) is 0 Å². The Hall–Kier alpha value is -0.430. The van der Waals surface area contributed by atoms with Crippen molar-refractivity contribution in [2.75, 3.05) is 6.61 Å². The van der Waals surface area contributed by atoms with E-state index in [0.717, 1.165) is 5.56 Å². The van der Waals surface area contributed by atoms with Crippen LogP contribution in [0, 0.1) is 0 Å². The van der Waals surface area contributed by atoms with E-state index in [0.29, 0.717) is 11.9 Å². The Balaban J connectivity index is 2.86. The molecule has 0 saturated heterocycles. The second-order valence-corrected chi connectivity index (χ2v) is 5.00. The Labute approximate surface area is 97.8 Å². The highest BCUT2D eigenvalue weighted by molar-refractivity contribution is 9.08. The minimum absolute atomic E-state index is 0.195. The maximum absolute atomic E-state index is 11.5. The maximum atomic E-state index is 11.5. The van der Waals surface area contributed by atoms with Crippen LogP contribution in [0.4, 0.5) is 0 Å². The first kappa shape index (κ1) is 12.6. The molecular weight excluding hydrogens is 282 g/mol. The molecule has 1 N–H and O–H groups in total. The average Bonchev–Trinajstić information content (AvgIpc) is 2.26. The van der Waals surface area contributed by atoms with Crippen LogP contribution in [0.2, 0.25) is 0 Å². The molecule has 0 bridgehead atoms. The summed E-state index contributed by atoms with van der Waals surface area (Å²) in [5.74, 6) is 0. The van der Waals surface area contributed by atoms with Crippen LogP contribution in [0.25, 0.3) is 0 Å². The molecular formula is C9H12BrNO3S. The molecule has 0 aliphatic rings. The smallest absolute Gasteiger partial charge is 0.262 e. The Morgan fingerprint density at radius 3 is 2.40 bits per heavy atom. The first-order valence-electron chi connectivity index (χ1n) is 4.38. The molecule has 0 spiro atoms. The quantitative estimate of drug-likeness (QED) is 0.665. The summed E-state index contributed by atoms with van der Waals surface area (Å²) in [6.07, 6.45) is 0. The summed E-state index contributed by atoms with van der Waals surface area (Å²) in [4.78, 5) is 6.88. The first-order valence-corrected chi connectivity index (χ1v) is 6.99. The number of nitrogens with one attached hydrogen (secondary N) is 1. The average molecular weight is 294 g/mol. The summed E-state index contributed by atoms with van der Waals surface area (Å²) >= 11 is 3.28. The van der Waals surface area contributed by atoms with Crippen LogP contribution < -0.4 is 4.89 Å². The fourth-order valence-electron chi connectivity index (χ4n) is 0.942. The van der Waals surface area contributed by atoms with E-state index in [4.69, 9.17) is 0 Å². The van der Waals surface area contributed by atoms with Crippen molar-refractivity contribution < 1.29 is 13.3 Å². The number of hydrogen-bond donors (Lipinski definition) is 1. The number of halogens is 1. The third kappa shape index (κ3) is 3.57. The highest BCUT2D eigenvalue weighted by Crippen LogP contribution is 2.12. The van der Waals surface area contributed by atoms with Gasteiger partial charge in [0.05, 0.1) is 11.5 Å². The van der Waals surface area contributed by atoms with E-state index in [9.17, 15) is 8.42 Å². The molecule has 0 unspecified atom stereocenters. The van der Waals surface area contributed by atoms with E-state index < -0.39 is 10.0 Å². The normalized spacial score (nSPS) is 11.6. The zero-order chi connectivity index (χ0) is 11.3. The molecule has 0 aliphatic carbocycles. The summed E-state index contributed by atoms with van der Waals surface area (Å²) in [5.41, 5.74) is 1.02. The highest BCUT2D eigenvalue weighted by Gasteiger charge is 2.12. The zero-order valence-corrected chi connectivity index (χ0v) is 10.6. The second-order valence-electron chi connectivity index (χ2n) is 2.80. The van der Waals surface area contributed by atoms with Gasteiger partial charge in [-0.25, -0.2) is 8.42 Å². The van der Waals surface area contributed by atoms with Crippen LogP contribution in [0.5, 0.6) is 0 Å². The number of hydrogen-bond acceptors (Lipinski definition) is 3. The highest BCUT2D eigenvalue weighted by atomic mass is 79.9. The SMILES string of the molecule is CCONS(=O)(=O)c1ccc(CBr)cc1. The van der Waals surface area contributed by atoms with Gasteiger partial charge in [0.25, 0.3) is 10.0 Å². The molecule has 0 radical (unpaired) electrons. The molecule has 1 aromatic carbocycles. The van der Waals surface area contributed by atoms with E-state index in [1.54, 1.807) is 19.1 Å². The summed E-state index contributed by atoms with van der Waals surface area (Å²) in [5, 5.41) is 0.701. The largest absolute Gasteiger partial charge is 0.287 e. The Morgan fingerprint density at radius 2 is 1.93 bits per heavy atom. The predicted octanol–water partition coefficient (Wildman–Crippen LogP) is 1.81. The van der Waals surface area contributed by atoms with E-state index >= 15 is 0 Å². The lowest BCUT2D eigenvalue weighted by molar-refractivity contribution is 0.105. The van der Waals surface area contributed by atoms with Crippen LogP contribution in [-0.2, 0) is 20.2 Å². The van der Waals surface area contributed by atoms with Gasteiger partial charge in [-0.15, -0.1) is 0 Å². The van der Waals surface area contributed by atoms with Gasteiger partial charge in [0.1, 0.15) is 0 Å². The first-order chi connectivity index (χ1) is 7.10. The molecule has 84 valence electrons. The van der Waals surface area contributed by atoms with E-state index in [1.807, 2.05) is 4.89 Å². The Kier molecular flexibility index (Phi) is 4.72. The number of sulfonamides is 1. The van der Waals surface area contributed by atoms with Gasteiger partial charge in [-0.1, -0.05) is 32.9 Å². The van der Waals surface area contributed by atoms with E-state index in [2.05, 4.69) is 20.8 Å². The molecule has 0 heterocycles. The van der Waals surface area contributed by atoms with Crippen molar-refractivity contribution in [1.29, 1.82) is 0 Å². The lowest BCUT2D eigenvalue weighted by Gasteiger charge is -2.05. The number of rotatable bonds is 5. The third-order valence-corrected chi connectivity index (χ3v) is 3.58. The monoisotopic (exact) mass is 293 g/mol. The van der Waals surface area contributed by atoms with Gasteiger partial charge in [0.2, 0.25) is 0 Å². The number of alkyl halides is 1. The van der Waals surface area contributed by atoms with Crippen molar-refractivity contribution >= 4 is 26.0 Å². The molecule has 0 saturated carbocycles. The number of benzene rings is 1. The molecule has 0 aliphatic heterocycles. The summed E-state index contributed by atoms with van der Waals surface area (Å²) in [6, 6.07) is 6.57. The van der Waals surface area contributed by atoms with Gasteiger partial charge in [-0.3, -0.25) is 4.84 Å². The van der Waals surface area contributed by atoms with Crippen LogP contribution in [0.15, 0.2) is 29.2 Å². The van der Waals surface area contributed by atoms with Gasteiger partial charge in [-0.05, 0) is 24.6 Å². The molecule has 6 heteroatoms. The molecule has 0 fully saturated rings. The lowest BCUT2D eigenvalue weighted by atomic mass is 10.2. The maximum Gasteiger partial charge on any atom is 0.262 e. The fraction of sp³-hybridized carbons (Fsp3) is 0.333. The van der Waals surface area contributed by atoms with Crippen LogP contribution >= 0.6 is 15.9 Å². The summed E-state index contributed by atoms with van der Waals surface area (Å²) in [6.45, 7) is 2.00. The second kappa shape index (κ2) is 5.60. The van der Waals surface area contributed by atoms with Gasteiger partial charge in [-0.2, -0.15) is 0 Å². The molecule has 15 heavy (non-hydrogen) atoms. The molecule has 4 nitrogen and oxygen atoms in total. The van der Waals surface area contributed by atoms with Crippen molar-refractivity contribution in [2.45, 2.75) is 17.1 Å². The molecule has 0 amide bonds. The van der Waals surface area contributed by atoms with E-state index in [-0.39, 0.29) is 4.90 Å². The van der Waals surface area contributed by atoms with E-state index in [1.165, 1.54) is 12.1 Å². The molecule has 0 aromatic heterocycles. The van der Waals surface area contributed by atoms with Crippen molar-refractivity contribution in [1.82, 2.24) is 4.89 Å². The summed E-state index contributed by atoms with van der Waals surface area (Å²) in [7, 11) is -3.53. The minimum Gasteiger partial charge on any atom is -0.287 e. The van der Waals surface area contributed by atoms with Crippen molar-refractivity contribution in [3.8, 4) is 0 Å². The standard InChI is InChI=1S/C9H12BrNO3S/c1-2-14-11-15(12,13)9-5-3-8(7-10)4-6-9/h3-6,11H,2,7H2,1H3. The molecule has 1 rings (SSSR count). The Bertz CT molecular complexity index is 402. The van der Waals surface area contributed by atoms with Gasteiger partial charge >= 0.3 is 0 Å². The predicted molar refractivity (Wildman–Crippen MR) is 61.0 cm³/mol. The van der Waals surface area contributed by atoms with Crippen molar-refractivity contribution in [3.63, 3.8) is 0 Å². The molecule has 0 atom stereocenters. The fourth-order valence-corrected chi connectivity index (χ4v) is 2.18. The van der Waals surface area contributed by atoms with Crippen LogP contribution in [-0.4, -0.2) is 15.0 Å². The van der Waals surface area contributed by atoms with Crippen molar-refractivity contribution in [3.05, 3.63) is 29.8 Å². The van der Waals surface area contributed by atoms with Gasteiger partial charge in [0, 0.05) is 5.33 Å². The Morgan fingerprint density at radius 1 is 1.33 bits per heavy atom. The van der Waals surface area contributed by atoms with Crippen LogP contribution in [0.3, 0.4) is 0 Å². The van der Waals surface area contributed by atoms with Crippen LogP contribution in [0.1, 0.15) is 12.5 Å². The topological polar surface area (TPSA) is 55.4 Å². The minimum atomic E-state index is -3.53. The lowest BCUT2D eigenvalue weighted by Crippen LogP contribution is -2.23. The van der Waals surface area contributed by atoms with Gasteiger partial charge in [0.15, 0.2) is 0 Å².